The highest BCUT2D eigenvalue weighted by molar-refractivity contribution is 5.85. The van der Waals surface area contributed by atoms with E-state index >= 15 is 0 Å². The maximum absolute atomic E-state index is 12.3. The average molecular weight is 347 g/mol. The van der Waals surface area contributed by atoms with Crippen LogP contribution in [0.5, 0.6) is 0 Å². The van der Waals surface area contributed by atoms with Gasteiger partial charge >= 0.3 is 12.0 Å². The second-order valence-electron chi connectivity index (χ2n) is 6.42. The molecule has 136 valence electrons. The number of amides is 3. The van der Waals surface area contributed by atoms with Gasteiger partial charge in [0.1, 0.15) is 6.04 Å². The van der Waals surface area contributed by atoms with E-state index in [1.165, 1.54) is 0 Å². The Morgan fingerprint density at radius 3 is 2.48 bits per heavy atom. The zero-order chi connectivity index (χ0) is 18.2. The highest BCUT2D eigenvalue weighted by Gasteiger charge is 2.25. The van der Waals surface area contributed by atoms with Crippen molar-refractivity contribution < 1.29 is 19.1 Å². The van der Waals surface area contributed by atoms with Crippen LogP contribution in [-0.2, 0) is 20.7 Å². The van der Waals surface area contributed by atoms with Crippen LogP contribution in [0.4, 0.5) is 4.79 Å². The number of nitrogens with two attached hydrogens (primary N) is 1. The second kappa shape index (κ2) is 9.05. The van der Waals surface area contributed by atoms with Gasteiger partial charge in [0.15, 0.2) is 6.61 Å². The number of nitrogens with zero attached hydrogens (tertiary/aromatic N) is 1. The van der Waals surface area contributed by atoms with Crippen LogP contribution in [0.3, 0.4) is 0 Å². The first-order valence-electron chi connectivity index (χ1n) is 8.50. The van der Waals surface area contributed by atoms with Crippen LogP contribution < -0.4 is 11.1 Å². The van der Waals surface area contributed by atoms with Gasteiger partial charge in [0.25, 0.3) is 5.91 Å². The molecule has 7 nitrogen and oxygen atoms in total. The summed E-state index contributed by atoms with van der Waals surface area (Å²) < 4.78 is 5.12. The van der Waals surface area contributed by atoms with Gasteiger partial charge in [0.05, 0.1) is 0 Å². The molecule has 25 heavy (non-hydrogen) atoms. The van der Waals surface area contributed by atoms with E-state index in [0.717, 1.165) is 18.4 Å². The van der Waals surface area contributed by atoms with Crippen molar-refractivity contribution in [1.82, 2.24) is 10.2 Å². The topological polar surface area (TPSA) is 102 Å². The number of hydrogen-bond donors (Lipinski definition) is 2. The van der Waals surface area contributed by atoms with E-state index in [0.29, 0.717) is 19.0 Å². The zero-order valence-corrected chi connectivity index (χ0v) is 14.4. The number of benzene rings is 1. The fourth-order valence-electron chi connectivity index (χ4n) is 2.80. The van der Waals surface area contributed by atoms with E-state index in [1.807, 2.05) is 30.3 Å². The highest BCUT2D eigenvalue weighted by atomic mass is 16.5. The molecule has 0 aromatic heterocycles. The van der Waals surface area contributed by atoms with E-state index in [4.69, 9.17) is 10.5 Å². The van der Waals surface area contributed by atoms with E-state index < -0.39 is 18.0 Å². The molecule has 0 spiro atoms. The molecule has 0 aliphatic carbocycles. The first kappa shape index (κ1) is 18.8. The normalized spacial score (nSPS) is 16.1. The summed E-state index contributed by atoms with van der Waals surface area (Å²) in [6.07, 6.45) is 2.16. The lowest BCUT2D eigenvalue weighted by molar-refractivity contribution is -0.154. The molecule has 0 bridgehead atoms. The SMILES string of the molecule is CC1CCN(C(=O)COC(=O)[C@H](Cc2ccccc2)NC(N)=O)CC1. The maximum Gasteiger partial charge on any atom is 0.329 e. The molecular formula is C18H25N3O4. The van der Waals surface area contributed by atoms with Gasteiger partial charge in [-0.2, -0.15) is 0 Å². The first-order chi connectivity index (χ1) is 12.0. The fourth-order valence-corrected chi connectivity index (χ4v) is 2.80. The third-order valence-electron chi connectivity index (χ3n) is 4.36. The molecule has 1 atom stereocenters. The summed E-state index contributed by atoms with van der Waals surface area (Å²) in [6, 6.07) is 7.47. The van der Waals surface area contributed by atoms with Crippen molar-refractivity contribution in [3.8, 4) is 0 Å². The summed E-state index contributed by atoms with van der Waals surface area (Å²) in [7, 11) is 0. The fraction of sp³-hybridized carbons (Fsp3) is 0.500. The van der Waals surface area contributed by atoms with Crippen LogP contribution in [0, 0.1) is 5.92 Å². The molecule has 3 amide bonds. The Kier molecular flexibility index (Phi) is 6.80. The number of carbonyl (C=O) groups excluding carboxylic acids is 3. The minimum atomic E-state index is -0.922. The number of primary amides is 1. The predicted molar refractivity (Wildman–Crippen MR) is 92.6 cm³/mol. The average Bonchev–Trinajstić information content (AvgIpc) is 2.60. The monoisotopic (exact) mass is 347 g/mol. The minimum Gasteiger partial charge on any atom is -0.454 e. The van der Waals surface area contributed by atoms with Crippen molar-refractivity contribution in [2.24, 2.45) is 11.7 Å². The lowest BCUT2D eigenvalue weighted by atomic mass is 9.99. The standard InChI is InChI=1S/C18H25N3O4/c1-13-7-9-21(10-8-13)16(22)12-25-17(23)15(20-18(19)24)11-14-5-3-2-4-6-14/h2-6,13,15H,7-12H2,1H3,(H3,19,20,24)/t15-/m0/s1. The largest absolute Gasteiger partial charge is 0.454 e. The van der Waals surface area contributed by atoms with Crippen molar-refractivity contribution >= 4 is 17.9 Å². The molecule has 1 aliphatic heterocycles. The number of urea groups is 1. The van der Waals surface area contributed by atoms with E-state index in [1.54, 1.807) is 4.90 Å². The van der Waals surface area contributed by atoms with Crippen molar-refractivity contribution in [2.75, 3.05) is 19.7 Å². The number of nitrogens with one attached hydrogen (secondary N) is 1. The quantitative estimate of drug-likeness (QED) is 0.751. The van der Waals surface area contributed by atoms with Gasteiger partial charge in [-0.15, -0.1) is 0 Å². The van der Waals surface area contributed by atoms with Crippen molar-refractivity contribution in [1.29, 1.82) is 0 Å². The number of hydrogen-bond acceptors (Lipinski definition) is 4. The predicted octanol–water partition coefficient (Wildman–Crippen LogP) is 1.07. The molecule has 1 aromatic rings. The van der Waals surface area contributed by atoms with Crippen LogP contribution in [-0.4, -0.2) is 48.5 Å². The Bertz CT molecular complexity index is 598. The smallest absolute Gasteiger partial charge is 0.329 e. The van der Waals surface area contributed by atoms with E-state index in [9.17, 15) is 14.4 Å². The summed E-state index contributed by atoms with van der Waals surface area (Å²) >= 11 is 0. The number of piperidine rings is 1. The number of ether oxygens (including phenoxy) is 1. The third-order valence-corrected chi connectivity index (χ3v) is 4.36. The summed E-state index contributed by atoms with van der Waals surface area (Å²) in [5.74, 6) is -0.263. The van der Waals surface area contributed by atoms with Crippen LogP contribution in [0.1, 0.15) is 25.3 Å². The number of likely N-dealkylation sites (tertiary alicyclic amines) is 1. The van der Waals surface area contributed by atoms with Gasteiger partial charge in [-0.1, -0.05) is 37.3 Å². The molecule has 0 radical (unpaired) electrons. The zero-order valence-electron chi connectivity index (χ0n) is 14.4. The van der Waals surface area contributed by atoms with Gasteiger partial charge in [0.2, 0.25) is 0 Å². The van der Waals surface area contributed by atoms with Crippen LogP contribution in [0.25, 0.3) is 0 Å². The molecule has 1 heterocycles. The van der Waals surface area contributed by atoms with Gasteiger partial charge in [-0.05, 0) is 24.3 Å². The minimum absolute atomic E-state index is 0.210. The molecule has 1 fully saturated rings. The first-order valence-corrected chi connectivity index (χ1v) is 8.50. The van der Waals surface area contributed by atoms with E-state index in [-0.39, 0.29) is 18.9 Å². The highest BCUT2D eigenvalue weighted by Crippen LogP contribution is 2.16. The number of esters is 1. The Labute approximate surface area is 147 Å². The number of carbonyl (C=O) groups is 3. The van der Waals surface area contributed by atoms with E-state index in [2.05, 4.69) is 12.2 Å². The summed E-state index contributed by atoms with van der Waals surface area (Å²) in [5.41, 5.74) is 5.99. The molecule has 7 heteroatoms. The Hall–Kier alpha value is -2.57. The molecule has 1 aliphatic rings. The number of rotatable bonds is 6. The molecule has 3 N–H and O–H groups in total. The third kappa shape index (κ3) is 6.10. The van der Waals surface area contributed by atoms with Crippen LogP contribution >= 0.6 is 0 Å². The molecule has 1 saturated heterocycles. The van der Waals surface area contributed by atoms with Crippen LogP contribution in [0.2, 0.25) is 0 Å². The lowest BCUT2D eigenvalue weighted by Crippen LogP contribution is -2.47. The van der Waals surface area contributed by atoms with Gasteiger partial charge < -0.3 is 20.7 Å². The summed E-state index contributed by atoms with van der Waals surface area (Å²) in [4.78, 5) is 37.3. The van der Waals surface area contributed by atoms with Crippen molar-refractivity contribution in [3.63, 3.8) is 0 Å². The second-order valence-corrected chi connectivity index (χ2v) is 6.42. The molecular weight excluding hydrogens is 322 g/mol. The Balaban J connectivity index is 1.88. The van der Waals surface area contributed by atoms with Gasteiger partial charge in [-0.25, -0.2) is 9.59 Å². The Morgan fingerprint density at radius 2 is 1.88 bits per heavy atom. The van der Waals surface area contributed by atoms with Crippen LogP contribution in [0.15, 0.2) is 30.3 Å². The lowest BCUT2D eigenvalue weighted by Gasteiger charge is -2.30. The molecule has 2 rings (SSSR count). The van der Waals surface area contributed by atoms with Gasteiger partial charge in [-0.3, -0.25) is 4.79 Å². The molecule has 0 unspecified atom stereocenters. The van der Waals surface area contributed by atoms with Gasteiger partial charge in [0, 0.05) is 19.5 Å². The molecule has 1 aromatic carbocycles. The van der Waals surface area contributed by atoms with Crippen molar-refractivity contribution in [3.05, 3.63) is 35.9 Å². The Morgan fingerprint density at radius 1 is 1.24 bits per heavy atom. The summed E-state index contributed by atoms with van der Waals surface area (Å²) in [6.45, 7) is 3.21. The molecule has 0 saturated carbocycles. The maximum atomic E-state index is 12.3. The van der Waals surface area contributed by atoms with Crippen molar-refractivity contribution in [2.45, 2.75) is 32.2 Å². The summed E-state index contributed by atoms with van der Waals surface area (Å²) in [5, 5.41) is 2.38.